The highest BCUT2D eigenvalue weighted by Gasteiger charge is 2.13. The summed E-state index contributed by atoms with van der Waals surface area (Å²) in [5, 5.41) is 0. The SMILES string of the molecule is CC.CC.CCc1ncc2c(n1)CCC(/C(C)=C/N=C(C)C)=C2. The van der Waals surface area contributed by atoms with Crippen LogP contribution in [0.2, 0.25) is 0 Å². The minimum atomic E-state index is 0.896. The minimum absolute atomic E-state index is 0.896. The lowest BCUT2D eigenvalue weighted by molar-refractivity contribution is 0.831. The smallest absolute Gasteiger partial charge is 0.128 e. The number of rotatable bonds is 3. The first-order valence-corrected chi connectivity index (χ1v) is 8.83. The molecule has 0 N–H and O–H groups in total. The van der Waals surface area contributed by atoms with Crippen LogP contribution in [0.4, 0.5) is 0 Å². The fourth-order valence-corrected chi connectivity index (χ4v) is 2.09. The molecule has 0 unspecified atom stereocenters. The Hall–Kier alpha value is -1.77. The molecule has 0 atom stereocenters. The van der Waals surface area contributed by atoms with Crippen molar-refractivity contribution in [3.63, 3.8) is 0 Å². The number of nitrogens with zero attached hydrogens (tertiary/aromatic N) is 3. The van der Waals surface area contributed by atoms with Gasteiger partial charge in [0, 0.05) is 30.1 Å². The number of fused-ring (bicyclic) bond motifs is 1. The van der Waals surface area contributed by atoms with Gasteiger partial charge in [-0.2, -0.15) is 0 Å². The first-order valence-electron chi connectivity index (χ1n) is 8.83. The fraction of sp³-hybridized carbons (Fsp3) is 0.550. The van der Waals surface area contributed by atoms with E-state index in [0.717, 1.165) is 36.4 Å². The second-order valence-electron chi connectivity index (χ2n) is 5.10. The highest BCUT2D eigenvalue weighted by molar-refractivity contribution is 5.79. The molecule has 0 aromatic carbocycles. The van der Waals surface area contributed by atoms with Gasteiger partial charge in [-0.25, -0.2) is 9.97 Å². The quantitative estimate of drug-likeness (QED) is 0.660. The van der Waals surface area contributed by atoms with Crippen LogP contribution in [0.15, 0.2) is 28.5 Å². The van der Waals surface area contributed by atoms with Crippen molar-refractivity contribution in [1.29, 1.82) is 0 Å². The van der Waals surface area contributed by atoms with Gasteiger partial charge >= 0.3 is 0 Å². The molecule has 0 saturated heterocycles. The van der Waals surface area contributed by atoms with Crippen molar-refractivity contribution in [2.75, 3.05) is 0 Å². The molecule has 0 spiro atoms. The molecule has 0 amide bonds. The molecule has 0 saturated carbocycles. The van der Waals surface area contributed by atoms with E-state index in [-0.39, 0.29) is 0 Å². The maximum Gasteiger partial charge on any atom is 0.128 e. The third kappa shape index (κ3) is 6.89. The van der Waals surface area contributed by atoms with E-state index in [1.165, 1.54) is 16.8 Å². The molecule has 1 heterocycles. The summed E-state index contributed by atoms with van der Waals surface area (Å²) in [5.74, 6) is 0.939. The average molecular weight is 316 g/mol. The van der Waals surface area contributed by atoms with E-state index in [2.05, 4.69) is 34.9 Å². The van der Waals surface area contributed by atoms with E-state index in [1.54, 1.807) is 0 Å². The first kappa shape index (κ1) is 21.2. The summed E-state index contributed by atoms with van der Waals surface area (Å²) < 4.78 is 0. The van der Waals surface area contributed by atoms with Crippen LogP contribution < -0.4 is 0 Å². The van der Waals surface area contributed by atoms with Crippen molar-refractivity contribution in [1.82, 2.24) is 9.97 Å². The van der Waals surface area contributed by atoms with Crippen LogP contribution in [0.25, 0.3) is 6.08 Å². The maximum atomic E-state index is 4.60. The third-order valence-electron chi connectivity index (χ3n) is 3.25. The molecule has 3 nitrogen and oxygen atoms in total. The predicted molar refractivity (Wildman–Crippen MR) is 103 cm³/mol. The Morgan fingerprint density at radius 1 is 1.13 bits per heavy atom. The van der Waals surface area contributed by atoms with E-state index in [9.17, 15) is 0 Å². The molecule has 0 bridgehead atoms. The van der Waals surface area contributed by atoms with Crippen LogP contribution >= 0.6 is 0 Å². The Bertz CT molecular complexity index is 562. The highest BCUT2D eigenvalue weighted by atomic mass is 14.9. The van der Waals surface area contributed by atoms with Gasteiger partial charge in [-0.15, -0.1) is 0 Å². The Morgan fingerprint density at radius 2 is 1.78 bits per heavy atom. The predicted octanol–water partition coefficient (Wildman–Crippen LogP) is 5.81. The molecule has 0 aliphatic heterocycles. The van der Waals surface area contributed by atoms with Gasteiger partial charge in [0.1, 0.15) is 5.82 Å². The molecule has 1 aliphatic carbocycles. The van der Waals surface area contributed by atoms with Gasteiger partial charge in [-0.3, -0.25) is 4.99 Å². The molecule has 128 valence electrons. The number of aryl methyl sites for hydroxylation is 2. The zero-order valence-electron chi connectivity index (χ0n) is 16.2. The molecule has 0 fully saturated rings. The Labute approximate surface area is 142 Å². The van der Waals surface area contributed by atoms with Gasteiger partial charge < -0.3 is 0 Å². The summed E-state index contributed by atoms with van der Waals surface area (Å²) in [5.41, 5.74) is 5.98. The Balaban J connectivity index is 0.00000112. The summed E-state index contributed by atoms with van der Waals surface area (Å²) in [7, 11) is 0. The van der Waals surface area contributed by atoms with E-state index >= 15 is 0 Å². The Kier molecular flexibility index (Phi) is 10.8. The third-order valence-corrected chi connectivity index (χ3v) is 3.25. The molecule has 1 aromatic heterocycles. The zero-order chi connectivity index (χ0) is 17.8. The lowest BCUT2D eigenvalue weighted by Crippen LogP contribution is -2.06. The maximum absolute atomic E-state index is 4.60. The van der Waals surface area contributed by atoms with Crippen molar-refractivity contribution in [3.05, 3.63) is 40.6 Å². The van der Waals surface area contributed by atoms with Crippen LogP contribution in [0, 0.1) is 0 Å². The number of allylic oxidation sites excluding steroid dienone is 2. The summed E-state index contributed by atoms with van der Waals surface area (Å²) in [4.78, 5) is 13.3. The summed E-state index contributed by atoms with van der Waals surface area (Å²) >= 11 is 0. The van der Waals surface area contributed by atoms with Crippen molar-refractivity contribution in [3.8, 4) is 0 Å². The molecule has 0 radical (unpaired) electrons. The number of aromatic nitrogens is 2. The summed E-state index contributed by atoms with van der Waals surface area (Å²) in [6.07, 6.45) is 9.03. The van der Waals surface area contributed by atoms with Crippen molar-refractivity contribution in [2.24, 2.45) is 4.99 Å². The lowest BCUT2D eigenvalue weighted by atomic mass is 9.93. The Morgan fingerprint density at radius 3 is 2.35 bits per heavy atom. The van der Waals surface area contributed by atoms with Gasteiger partial charge in [0.25, 0.3) is 0 Å². The van der Waals surface area contributed by atoms with Gasteiger partial charge in [0.05, 0.1) is 5.69 Å². The van der Waals surface area contributed by atoms with Gasteiger partial charge in [0.2, 0.25) is 0 Å². The molecule has 3 heteroatoms. The summed E-state index contributed by atoms with van der Waals surface area (Å²) in [6, 6.07) is 0. The normalized spacial score (nSPS) is 12.7. The summed E-state index contributed by atoms with van der Waals surface area (Å²) in [6.45, 7) is 16.2. The molecule has 23 heavy (non-hydrogen) atoms. The second-order valence-corrected chi connectivity index (χ2v) is 5.10. The van der Waals surface area contributed by atoms with Crippen LogP contribution in [0.1, 0.15) is 78.9 Å². The van der Waals surface area contributed by atoms with Gasteiger partial charge in [0.15, 0.2) is 0 Å². The molecular formula is C20H33N3. The molecule has 2 rings (SSSR count). The molecular weight excluding hydrogens is 282 g/mol. The van der Waals surface area contributed by atoms with E-state index in [4.69, 9.17) is 0 Å². The number of hydrogen-bond acceptors (Lipinski definition) is 3. The van der Waals surface area contributed by atoms with E-state index in [1.807, 2.05) is 53.9 Å². The van der Waals surface area contributed by atoms with E-state index < -0.39 is 0 Å². The minimum Gasteiger partial charge on any atom is -0.266 e. The van der Waals surface area contributed by atoms with Crippen LogP contribution in [-0.4, -0.2) is 15.7 Å². The van der Waals surface area contributed by atoms with Crippen molar-refractivity contribution < 1.29 is 0 Å². The highest BCUT2D eigenvalue weighted by Crippen LogP contribution is 2.26. The van der Waals surface area contributed by atoms with Crippen LogP contribution in [0.3, 0.4) is 0 Å². The topological polar surface area (TPSA) is 38.1 Å². The monoisotopic (exact) mass is 315 g/mol. The van der Waals surface area contributed by atoms with Gasteiger partial charge in [-0.05, 0) is 50.8 Å². The lowest BCUT2D eigenvalue weighted by Gasteiger charge is -2.16. The molecule has 1 aromatic rings. The number of aliphatic imine (C=N–C) groups is 1. The average Bonchev–Trinajstić information content (AvgIpc) is 2.62. The van der Waals surface area contributed by atoms with Gasteiger partial charge in [-0.1, -0.05) is 34.6 Å². The van der Waals surface area contributed by atoms with Crippen LogP contribution in [-0.2, 0) is 12.8 Å². The molecule has 1 aliphatic rings. The second kappa shape index (κ2) is 11.8. The van der Waals surface area contributed by atoms with Crippen molar-refractivity contribution in [2.45, 2.75) is 74.7 Å². The number of hydrogen-bond donors (Lipinski definition) is 0. The zero-order valence-corrected chi connectivity index (χ0v) is 16.2. The first-order chi connectivity index (χ1) is 11.1. The van der Waals surface area contributed by atoms with Crippen molar-refractivity contribution >= 4 is 11.8 Å². The van der Waals surface area contributed by atoms with E-state index in [0.29, 0.717) is 0 Å². The standard InChI is InChI=1S/C16H21N3.2C2H6/c1-5-16-18-10-14-8-13(6-7-15(14)19-16)12(4)9-17-11(2)3;2*1-2/h8-10H,5-7H2,1-4H3;2*1-2H3/b12-9+;;. The van der Waals surface area contributed by atoms with Crippen LogP contribution in [0.5, 0.6) is 0 Å². The fourth-order valence-electron chi connectivity index (χ4n) is 2.09. The largest absolute Gasteiger partial charge is 0.266 e.